The quantitative estimate of drug-likeness (QED) is 0.568. The van der Waals surface area contributed by atoms with E-state index in [4.69, 9.17) is 4.42 Å². The largest absolute Gasteiger partial charge is 0.440 e. The fourth-order valence-corrected chi connectivity index (χ4v) is 2.41. The number of nitrogens with one attached hydrogen (secondary N) is 1. The minimum Gasteiger partial charge on any atom is -0.440 e. The molecule has 1 N–H and O–H groups in total. The Hall–Kier alpha value is -3.23. The molecule has 4 rings (SSSR count). The van der Waals surface area contributed by atoms with Gasteiger partial charge in [0.05, 0.1) is 4.92 Å². The molecule has 2 aromatic heterocycles. The standard InChI is InChI=1S/C15H13N5O4/c21-14(8-19-7-11(6-16-19)20(22)23)17-10-3-4-13-12(5-10)18-15(24-13)9-1-2-9/h3-7,9H,1-2,8H2,(H,17,21). The van der Waals surface area contributed by atoms with Gasteiger partial charge in [-0.25, -0.2) is 4.98 Å². The molecule has 3 aromatic rings. The van der Waals surface area contributed by atoms with Crippen LogP contribution < -0.4 is 5.32 Å². The first-order chi connectivity index (χ1) is 11.6. The first-order valence-electron chi connectivity index (χ1n) is 7.46. The van der Waals surface area contributed by atoms with E-state index in [1.165, 1.54) is 10.9 Å². The number of fused-ring (bicyclic) bond motifs is 1. The molecule has 1 amide bonds. The molecule has 0 aliphatic heterocycles. The van der Waals surface area contributed by atoms with Gasteiger partial charge in [0.2, 0.25) is 5.91 Å². The maximum atomic E-state index is 12.0. The van der Waals surface area contributed by atoms with Gasteiger partial charge >= 0.3 is 5.69 Å². The van der Waals surface area contributed by atoms with Gasteiger partial charge in [0.15, 0.2) is 11.5 Å². The highest BCUT2D eigenvalue weighted by Crippen LogP contribution is 2.40. The number of carbonyl (C=O) groups excluding carboxylic acids is 1. The molecule has 2 heterocycles. The normalized spacial score (nSPS) is 14.0. The summed E-state index contributed by atoms with van der Waals surface area (Å²) in [5, 5.41) is 17.1. The second-order valence-corrected chi connectivity index (χ2v) is 5.71. The summed E-state index contributed by atoms with van der Waals surface area (Å²) in [5.41, 5.74) is 1.83. The molecule has 0 atom stereocenters. The second kappa shape index (κ2) is 5.44. The average molecular weight is 327 g/mol. The van der Waals surface area contributed by atoms with E-state index in [0.717, 1.165) is 24.9 Å². The van der Waals surface area contributed by atoms with Crippen molar-refractivity contribution >= 4 is 28.4 Å². The Kier molecular flexibility index (Phi) is 3.26. The summed E-state index contributed by atoms with van der Waals surface area (Å²) < 4.78 is 6.89. The van der Waals surface area contributed by atoms with Crippen LogP contribution in [-0.4, -0.2) is 25.6 Å². The Bertz CT molecular complexity index is 940. The summed E-state index contributed by atoms with van der Waals surface area (Å²) in [6.45, 7) is -0.113. The molecule has 0 radical (unpaired) electrons. The minimum absolute atomic E-state index is 0.113. The van der Waals surface area contributed by atoms with Gasteiger partial charge < -0.3 is 9.73 Å². The smallest absolute Gasteiger partial charge is 0.307 e. The zero-order valence-corrected chi connectivity index (χ0v) is 12.5. The monoisotopic (exact) mass is 327 g/mol. The van der Waals surface area contributed by atoms with E-state index < -0.39 is 4.92 Å². The molecule has 1 aromatic carbocycles. The highest BCUT2D eigenvalue weighted by Gasteiger charge is 2.28. The number of anilines is 1. The van der Waals surface area contributed by atoms with Crippen molar-refractivity contribution in [3.05, 3.63) is 46.6 Å². The van der Waals surface area contributed by atoms with Gasteiger partial charge in [0, 0.05) is 11.6 Å². The SMILES string of the molecule is O=C(Cn1cc([N+](=O)[O-])cn1)Nc1ccc2oc(C3CC3)nc2c1. The van der Waals surface area contributed by atoms with Crippen molar-refractivity contribution in [1.82, 2.24) is 14.8 Å². The van der Waals surface area contributed by atoms with Crippen molar-refractivity contribution < 1.29 is 14.1 Å². The van der Waals surface area contributed by atoms with Crippen molar-refractivity contribution in [3.8, 4) is 0 Å². The van der Waals surface area contributed by atoms with Crippen LogP contribution in [0.3, 0.4) is 0 Å². The summed E-state index contributed by atoms with van der Waals surface area (Å²) in [5.74, 6) is 0.835. The van der Waals surface area contributed by atoms with Crippen molar-refractivity contribution in [1.29, 1.82) is 0 Å². The van der Waals surface area contributed by atoms with Gasteiger partial charge in [-0.3, -0.25) is 19.6 Å². The van der Waals surface area contributed by atoms with Crippen LogP contribution in [0.25, 0.3) is 11.1 Å². The lowest BCUT2D eigenvalue weighted by Gasteiger charge is -2.04. The van der Waals surface area contributed by atoms with E-state index in [1.807, 2.05) is 0 Å². The van der Waals surface area contributed by atoms with E-state index in [2.05, 4.69) is 15.4 Å². The summed E-state index contributed by atoms with van der Waals surface area (Å²) in [4.78, 5) is 26.5. The lowest BCUT2D eigenvalue weighted by Crippen LogP contribution is -2.18. The van der Waals surface area contributed by atoms with Crippen LogP contribution in [0.2, 0.25) is 0 Å². The van der Waals surface area contributed by atoms with Crippen LogP contribution in [-0.2, 0) is 11.3 Å². The van der Waals surface area contributed by atoms with Crippen molar-refractivity contribution in [2.45, 2.75) is 25.3 Å². The Morgan fingerprint density at radius 3 is 3.00 bits per heavy atom. The Morgan fingerprint density at radius 2 is 2.29 bits per heavy atom. The maximum absolute atomic E-state index is 12.0. The molecule has 1 aliphatic carbocycles. The highest BCUT2D eigenvalue weighted by atomic mass is 16.6. The molecule has 0 saturated heterocycles. The zero-order chi connectivity index (χ0) is 16.7. The van der Waals surface area contributed by atoms with Crippen LogP contribution in [0, 0.1) is 10.1 Å². The van der Waals surface area contributed by atoms with Crippen LogP contribution in [0.15, 0.2) is 35.0 Å². The first kappa shape index (κ1) is 14.4. The predicted octanol–water partition coefficient (Wildman–Crippen LogP) is 2.45. The van der Waals surface area contributed by atoms with Gasteiger partial charge in [0.1, 0.15) is 24.5 Å². The number of hydrogen-bond acceptors (Lipinski definition) is 6. The van der Waals surface area contributed by atoms with Crippen molar-refractivity contribution in [2.75, 3.05) is 5.32 Å². The van der Waals surface area contributed by atoms with E-state index in [9.17, 15) is 14.9 Å². The van der Waals surface area contributed by atoms with Gasteiger partial charge in [-0.1, -0.05) is 0 Å². The zero-order valence-electron chi connectivity index (χ0n) is 12.5. The second-order valence-electron chi connectivity index (χ2n) is 5.71. The molecule has 9 nitrogen and oxygen atoms in total. The fourth-order valence-electron chi connectivity index (χ4n) is 2.41. The predicted molar refractivity (Wildman–Crippen MR) is 83.5 cm³/mol. The number of amides is 1. The van der Waals surface area contributed by atoms with Gasteiger partial charge in [-0.2, -0.15) is 5.10 Å². The highest BCUT2D eigenvalue weighted by molar-refractivity contribution is 5.92. The molecule has 1 aliphatic rings. The summed E-state index contributed by atoms with van der Waals surface area (Å²) in [6, 6.07) is 5.24. The van der Waals surface area contributed by atoms with Crippen LogP contribution in [0.4, 0.5) is 11.4 Å². The number of rotatable bonds is 5. The van der Waals surface area contributed by atoms with Crippen molar-refractivity contribution in [3.63, 3.8) is 0 Å². The third-order valence-electron chi connectivity index (χ3n) is 3.75. The summed E-state index contributed by atoms with van der Waals surface area (Å²) in [6.07, 6.45) is 4.52. The number of nitrogens with zero attached hydrogens (tertiary/aromatic N) is 4. The molecule has 122 valence electrons. The third-order valence-corrected chi connectivity index (χ3v) is 3.75. The molecule has 0 bridgehead atoms. The van der Waals surface area contributed by atoms with Crippen LogP contribution in [0.1, 0.15) is 24.7 Å². The van der Waals surface area contributed by atoms with E-state index in [1.54, 1.807) is 18.2 Å². The molecule has 0 spiro atoms. The number of carbonyl (C=O) groups is 1. The summed E-state index contributed by atoms with van der Waals surface area (Å²) >= 11 is 0. The number of oxazole rings is 1. The van der Waals surface area contributed by atoms with Crippen molar-refractivity contribution in [2.24, 2.45) is 0 Å². The molecular weight excluding hydrogens is 314 g/mol. The topological polar surface area (TPSA) is 116 Å². The number of hydrogen-bond donors (Lipinski definition) is 1. The Labute approximate surface area is 135 Å². The van der Waals surface area contributed by atoms with Crippen LogP contribution in [0.5, 0.6) is 0 Å². The van der Waals surface area contributed by atoms with Gasteiger partial charge in [-0.15, -0.1) is 0 Å². The minimum atomic E-state index is -0.558. The molecule has 0 unspecified atom stereocenters. The number of aromatic nitrogens is 3. The maximum Gasteiger partial charge on any atom is 0.307 e. The molecule has 9 heteroatoms. The lowest BCUT2D eigenvalue weighted by atomic mass is 10.3. The fraction of sp³-hybridized carbons (Fsp3) is 0.267. The van der Waals surface area contributed by atoms with E-state index in [-0.39, 0.29) is 18.1 Å². The lowest BCUT2D eigenvalue weighted by molar-refractivity contribution is -0.385. The molecule has 1 saturated carbocycles. The number of nitro groups is 1. The summed E-state index contributed by atoms with van der Waals surface area (Å²) in [7, 11) is 0. The van der Waals surface area contributed by atoms with E-state index >= 15 is 0 Å². The Morgan fingerprint density at radius 1 is 1.46 bits per heavy atom. The molecule has 1 fully saturated rings. The number of benzene rings is 1. The van der Waals surface area contributed by atoms with Gasteiger partial charge in [0.25, 0.3) is 0 Å². The third kappa shape index (κ3) is 2.83. The average Bonchev–Trinajstić information content (AvgIpc) is 3.13. The first-order valence-corrected chi connectivity index (χ1v) is 7.46. The molecule has 24 heavy (non-hydrogen) atoms. The molecular formula is C15H13N5O4. The van der Waals surface area contributed by atoms with Gasteiger partial charge in [-0.05, 0) is 31.0 Å². The van der Waals surface area contributed by atoms with Crippen LogP contribution >= 0.6 is 0 Å². The Balaban J connectivity index is 1.46. The van der Waals surface area contributed by atoms with E-state index in [0.29, 0.717) is 22.7 Å².